The molecule has 4 aromatic heterocycles. The molecule has 6 rings (SSSR count). The lowest BCUT2D eigenvalue weighted by molar-refractivity contribution is 0.501. The SMILES string of the molecule is C1=c2/cc/c(s2)=c2\cc/c(o2)=c2\cccc\c2=c2/cc/c(o2)=c2\cc/c(s2)=C/1. The number of fused-ring (bicyclic) bond motifs is 9. The molecule has 5 heterocycles. The van der Waals surface area contributed by atoms with Gasteiger partial charge in [-0.2, -0.15) is 0 Å². The maximum absolute atomic E-state index is 6.23. The van der Waals surface area contributed by atoms with Crippen molar-refractivity contribution in [2.75, 3.05) is 0 Å². The predicted molar refractivity (Wildman–Crippen MR) is 111 cm³/mol. The van der Waals surface area contributed by atoms with Crippen molar-refractivity contribution in [2.24, 2.45) is 0 Å². The number of hydrogen-bond donors (Lipinski definition) is 0. The normalized spacial score (nSPS) is 19.7. The molecule has 5 aromatic rings. The van der Waals surface area contributed by atoms with E-state index in [2.05, 4.69) is 48.6 Å². The number of hydrogen-bond acceptors (Lipinski definition) is 4. The van der Waals surface area contributed by atoms with Crippen molar-refractivity contribution in [3.05, 3.63) is 123 Å². The minimum Gasteiger partial charge on any atom is -0.455 e. The minimum absolute atomic E-state index is 0.847. The summed E-state index contributed by atoms with van der Waals surface area (Å²) in [6.07, 6.45) is 4.31. The summed E-state index contributed by atoms with van der Waals surface area (Å²) in [4.78, 5) is 0. The van der Waals surface area contributed by atoms with Crippen LogP contribution < -0.4 is 9.06 Å². The first kappa shape index (κ1) is 15.9. The second kappa shape index (κ2) is 6.23. The van der Waals surface area contributed by atoms with Gasteiger partial charge in [-0.15, -0.1) is 22.7 Å². The summed E-state index contributed by atoms with van der Waals surface area (Å²) in [5, 5.41) is 2.07. The van der Waals surface area contributed by atoms with Crippen LogP contribution in [0.4, 0.5) is 0 Å². The van der Waals surface area contributed by atoms with E-state index in [1.54, 1.807) is 22.7 Å². The van der Waals surface area contributed by atoms with Crippen molar-refractivity contribution < 1.29 is 8.83 Å². The van der Waals surface area contributed by atoms with E-state index in [0.717, 1.165) is 41.2 Å². The minimum atomic E-state index is 0.847. The third-order valence-electron chi connectivity index (χ3n) is 4.82. The Hall–Kier alpha value is -3.08. The molecule has 0 unspecified atom stereocenters. The molecule has 0 atom stereocenters. The van der Waals surface area contributed by atoms with Gasteiger partial charge in [-0.25, -0.2) is 0 Å². The van der Waals surface area contributed by atoms with Crippen molar-refractivity contribution >= 4 is 34.8 Å². The maximum atomic E-state index is 6.23. The van der Waals surface area contributed by atoms with Gasteiger partial charge in [-0.05, 0) is 60.7 Å². The van der Waals surface area contributed by atoms with Gasteiger partial charge in [-0.1, -0.05) is 24.3 Å². The molecular formula is C24H14O2S2. The van der Waals surface area contributed by atoms with E-state index in [1.165, 1.54) is 9.06 Å². The highest BCUT2D eigenvalue weighted by molar-refractivity contribution is 7.08. The Morgan fingerprint density at radius 3 is 1.43 bits per heavy atom. The lowest BCUT2D eigenvalue weighted by Crippen LogP contribution is -1.90. The molecule has 0 aliphatic carbocycles. The molecule has 2 nitrogen and oxygen atoms in total. The molecule has 0 saturated heterocycles. The molecule has 0 N–H and O–H groups in total. The molecule has 0 fully saturated rings. The van der Waals surface area contributed by atoms with Crippen molar-refractivity contribution in [1.82, 2.24) is 0 Å². The zero-order valence-corrected chi connectivity index (χ0v) is 16.3. The van der Waals surface area contributed by atoms with Gasteiger partial charge in [0.15, 0.2) is 0 Å². The first-order chi connectivity index (χ1) is 13.8. The fraction of sp³-hybridized carbons (Fsp3) is 0. The molecule has 28 heavy (non-hydrogen) atoms. The Balaban J connectivity index is 1.97. The zero-order chi connectivity index (χ0) is 18.5. The van der Waals surface area contributed by atoms with Gasteiger partial charge >= 0.3 is 0 Å². The summed E-state index contributed by atoms with van der Waals surface area (Å²) >= 11 is 3.47. The first-order valence-electron chi connectivity index (χ1n) is 9.01. The molecule has 1 aliphatic rings. The van der Waals surface area contributed by atoms with Crippen molar-refractivity contribution in [2.45, 2.75) is 0 Å². The lowest BCUT2D eigenvalue weighted by Gasteiger charge is -1.87. The molecule has 8 bridgehead atoms. The van der Waals surface area contributed by atoms with Crippen LogP contribution in [0.25, 0.3) is 12.2 Å². The summed E-state index contributed by atoms with van der Waals surface area (Å²) < 4.78 is 17.1. The molecule has 1 aliphatic heterocycles. The second-order valence-corrected chi connectivity index (χ2v) is 8.84. The van der Waals surface area contributed by atoms with Crippen LogP contribution in [0.5, 0.6) is 0 Å². The summed E-state index contributed by atoms with van der Waals surface area (Å²) in [5.41, 5.74) is 3.47. The van der Waals surface area contributed by atoms with Crippen molar-refractivity contribution in [3.8, 4) is 0 Å². The standard InChI is InChI=1S/C24H14O2S2/c1-2-4-18-17(3-1)19-9-11-21(25-19)23-13-7-15(27-23)5-6-16-8-14-24(28-16)22-12-10-20(18)26-22/h1-14H/b6-5?,15-5-,16-6-,19-17-,20-18-,23-21-,24-22-. The molecule has 0 amide bonds. The summed E-state index contributed by atoms with van der Waals surface area (Å²) in [6, 6.07) is 24.9. The predicted octanol–water partition coefficient (Wildman–Crippen LogP) is 4.72. The number of furan rings is 2. The lowest BCUT2D eigenvalue weighted by atomic mass is 10.2. The van der Waals surface area contributed by atoms with Crippen LogP contribution in [0.1, 0.15) is 0 Å². The largest absolute Gasteiger partial charge is 0.455 e. The van der Waals surface area contributed by atoms with Gasteiger partial charge in [-0.3, -0.25) is 0 Å². The fourth-order valence-electron chi connectivity index (χ4n) is 3.46. The Morgan fingerprint density at radius 1 is 0.464 bits per heavy atom. The summed E-state index contributed by atoms with van der Waals surface area (Å²) in [6.45, 7) is 0. The topological polar surface area (TPSA) is 26.3 Å². The molecular weight excluding hydrogens is 384 g/mol. The Morgan fingerprint density at radius 2 is 0.929 bits per heavy atom. The number of rotatable bonds is 0. The van der Waals surface area contributed by atoms with E-state index in [1.807, 2.05) is 36.4 Å². The van der Waals surface area contributed by atoms with Gasteiger partial charge in [0.05, 0.1) is 9.06 Å². The monoisotopic (exact) mass is 398 g/mol. The van der Waals surface area contributed by atoms with Gasteiger partial charge in [0.2, 0.25) is 0 Å². The van der Waals surface area contributed by atoms with Gasteiger partial charge in [0, 0.05) is 19.5 Å². The first-order valence-corrected chi connectivity index (χ1v) is 10.6. The van der Waals surface area contributed by atoms with E-state index in [-0.39, 0.29) is 0 Å². The van der Waals surface area contributed by atoms with Crippen LogP contribution in [-0.2, 0) is 0 Å². The van der Waals surface area contributed by atoms with Crippen LogP contribution in [0.15, 0.2) is 81.6 Å². The van der Waals surface area contributed by atoms with Gasteiger partial charge in [0.1, 0.15) is 21.7 Å². The highest BCUT2D eigenvalue weighted by Gasteiger charge is 1.98. The van der Waals surface area contributed by atoms with E-state index in [0.29, 0.717) is 0 Å². The average Bonchev–Trinajstić information content (AvgIpc) is 3.52. The van der Waals surface area contributed by atoms with E-state index < -0.39 is 0 Å². The van der Waals surface area contributed by atoms with Crippen LogP contribution in [0, 0.1) is 41.2 Å². The number of thiophene rings is 2. The third-order valence-corrected chi connectivity index (χ3v) is 6.95. The summed E-state index contributed by atoms with van der Waals surface area (Å²) in [7, 11) is 0. The van der Waals surface area contributed by atoms with Crippen molar-refractivity contribution in [3.63, 3.8) is 0 Å². The molecule has 0 radical (unpaired) electrons. The smallest absolute Gasteiger partial charge is 0.144 e. The zero-order valence-electron chi connectivity index (χ0n) is 14.7. The third kappa shape index (κ3) is 2.61. The van der Waals surface area contributed by atoms with E-state index >= 15 is 0 Å². The Bertz CT molecular complexity index is 1700. The van der Waals surface area contributed by atoms with Crippen molar-refractivity contribution in [1.29, 1.82) is 0 Å². The highest BCUT2D eigenvalue weighted by atomic mass is 32.1. The van der Waals surface area contributed by atoms with Crippen LogP contribution in [-0.4, -0.2) is 0 Å². The second-order valence-electron chi connectivity index (χ2n) is 6.61. The molecule has 134 valence electrons. The Labute approximate surface area is 166 Å². The van der Waals surface area contributed by atoms with Gasteiger partial charge in [0.25, 0.3) is 0 Å². The van der Waals surface area contributed by atoms with E-state index in [4.69, 9.17) is 8.83 Å². The highest BCUT2D eigenvalue weighted by Crippen LogP contribution is 2.09. The van der Waals surface area contributed by atoms with Crippen LogP contribution in [0.3, 0.4) is 0 Å². The molecule has 0 spiro atoms. The van der Waals surface area contributed by atoms with Crippen LogP contribution >= 0.6 is 22.7 Å². The average molecular weight is 399 g/mol. The molecule has 4 heteroatoms. The molecule has 1 aromatic carbocycles. The summed E-state index contributed by atoms with van der Waals surface area (Å²) in [5.74, 6) is 0. The quantitative estimate of drug-likeness (QED) is 0.377. The number of benzene rings is 1. The Kier molecular flexibility index (Phi) is 3.54. The maximum Gasteiger partial charge on any atom is 0.144 e. The van der Waals surface area contributed by atoms with E-state index in [9.17, 15) is 0 Å². The molecule has 0 saturated carbocycles. The van der Waals surface area contributed by atoms with Gasteiger partial charge < -0.3 is 8.83 Å². The fourth-order valence-corrected chi connectivity index (χ4v) is 5.20. The van der Waals surface area contributed by atoms with Crippen LogP contribution in [0.2, 0.25) is 0 Å².